The first kappa shape index (κ1) is 23.4. The number of fused-ring (bicyclic) bond motifs is 3. The highest BCUT2D eigenvalue weighted by atomic mass is 19.4. The number of carbonyl (C=O) groups is 2. The zero-order chi connectivity index (χ0) is 23.8. The zero-order valence-electron chi connectivity index (χ0n) is 16.3. The Hall–Kier alpha value is -3.23. The van der Waals surface area contributed by atoms with Crippen LogP contribution in [0.5, 0.6) is 5.75 Å². The van der Waals surface area contributed by atoms with Crippen molar-refractivity contribution in [2.45, 2.75) is 31.4 Å². The highest BCUT2D eigenvalue weighted by Gasteiger charge is 2.40. The molecule has 1 amide bonds. The number of halogens is 6. The van der Waals surface area contributed by atoms with Gasteiger partial charge in [-0.3, -0.25) is 4.79 Å². The minimum absolute atomic E-state index is 0.00572. The molecule has 1 aromatic carbocycles. The summed E-state index contributed by atoms with van der Waals surface area (Å²) in [5.41, 5.74) is 1.97. The lowest BCUT2D eigenvalue weighted by Gasteiger charge is -2.39. The molecule has 3 aliphatic rings. The fourth-order valence-corrected chi connectivity index (χ4v) is 3.04. The van der Waals surface area contributed by atoms with Crippen LogP contribution < -0.4 is 25.7 Å². The Kier molecular flexibility index (Phi) is 6.13. The second kappa shape index (κ2) is 8.37. The number of amidine groups is 1. The summed E-state index contributed by atoms with van der Waals surface area (Å²) in [6.07, 6.45) is -9.60. The van der Waals surface area contributed by atoms with Gasteiger partial charge in [-0.1, -0.05) is 0 Å². The summed E-state index contributed by atoms with van der Waals surface area (Å²) in [4.78, 5) is 22.4. The molecule has 0 saturated carbocycles. The van der Waals surface area contributed by atoms with E-state index >= 15 is 0 Å². The minimum Gasteiger partial charge on any atom is -0.483 e. The molecule has 3 heterocycles. The maximum absolute atomic E-state index is 13.4. The smallest absolute Gasteiger partial charge is 0.483 e. The molecular weight excluding hydrogens is 452 g/mol. The summed E-state index contributed by atoms with van der Waals surface area (Å²) >= 11 is 0. The normalized spacial score (nSPS) is 20.3. The first-order chi connectivity index (χ1) is 14.8. The molecule has 0 unspecified atom stereocenters. The molecule has 4 N–H and O–H groups in total. The van der Waals surface area contributed by atoms with Crippen LogP contribution in [0, 0.1) is 0 Å². The Balaban J connectivity index is 0.000000360. The van der Waals surface area contributed by atoms with Gasteiger partial charge < -0.3 is 25.4 Å². The third-order valence-corrected chi connectivity index (χ3v) is 4.74. The molecule has 9 nitrogen and oxygen atoms in total. The zero-order valence-corrected chi connectivity index (χ0v) is 16.3. The van der Waals surface area contributed by atoms with Crippen LogP contribution in [0.1, 0.15) is 12.5 Å². The summed E-state index contributed by atoms with van der Waals surface area (Å²) < 4.78 is 77.5. The molecule has 3 aliphatic heterocycles. The molecule has 1 atom stereocenters. The summed E-state index contributed by atoms with van der Waals surface area (Å²) in [5, 5.41) is 17.0. The number of ether oxygens (including phenoxy) is 1. The number of hydrazone groups is 1. The summed E-state index contributed by atoms with van der Waals surface area (Å²) in [5.74, 6) is -2.54. The van der Waals surface area contributed by atoms with Crippen LogP contribution in [-0.4, -0.2) is 60.8 Å². The Morgan fingerprint density at radius 1 is 1.25 bits per heavy atom. The minimum atomic E-state index is -5.08. The van der Waals surface area contributed by atoms with E-state index in [4.69, 9.17) is 14.6 Å². The molecule has 32 heavy (non-hydrogen) atoms. The van der Waals surface area contributed by atoms with E-state index in [1.54, 1.807) is 11.8 Å². The Labute approximate surface area is 176 Å². The average Bonchev–Trinajstić information content (AvgIpc) is 2.65. The van der Waals surface area contributed by atoms with Crippen LogP contribution in [0.4, 0.5) is 37.7 Å². The van der Waals surface area contributed by atoms with Gasteiger partial charge in [0, 0.05) is 18.8 Å². The van der Waals surface area contributed by atoms with Gasteiger partial charge in [0.15, 0.2) is 5.84 Å². The summed E-state index contributed by atoms with van der Waals surface area (Å²) in [6, 6.07) is 1.71. The molecule has 1 fully saturated rings. The molecule has 4 rings (SSSR count). The van der Waals surface area contributed by atoms with E-state index in [-0.39, 0.29) is 30.0 Å². The number of rotatable bonds is 2. The van der Waals surface area contributed by atoms with Crippen molar-refractivity contribution in [2.24, 2.45) is 5.10 Å². The largest absolute Gasteiger partial charge is 0.490 e. The first-order valence-electron chi connectivity index (χ1n) is 9.10. The van der Waals surface area contributed by atoms with Crippen LogP contribution in [0.15, 0.2) is 17.2 Å². The number of nitrogens with one attached hydrogen (secondary N) is 3. The predicted octanol–water partition coefficient (Wildman–Crippen LogP) is 1.75. The maximum atomic E-state index is 13.4. The van der Waals surface area contributed by atoms with Gasteiger partial charge in [-0.05, 0) is 19.1 Å². The Bertz CT molecular complexity index is 945. The van der Waals surface area contributed by atoms with E-state index in [2.05, 4.69) is 21.2 Å². The van der Waals surface area contributed by atoms with Crippen LogP contribution in [-0.2, 0) is 15.8 Å². The first-order valence-corrected chi connectivity index (χ1v) is 9.10. The fourth-order valence-electron chi connectivity index (χ4n) is 3.04. The number of carboxylic acids is 1. The van der Waals surface area contributed by atoms with Crippen LogP contribution in [0.25, 0.3) is 0 Å². The van der Waals surface area contributed by atoms with Crippen LogP contribution in [0.3, 0.4) is 0 Å². The monoisotopic (exact) mass is 469 g/mol. The van der Waals surface area contributed by atoms with Gasteiger partial charge in [0.2, 0.25) is 0 Å². The van der Waals surface area contributed by atoms with E-state index in [1.807, 2.05) is 0 Å². The topological polar surface area (TPSA) is 115 Å². The number of hydrogen-bond acceptors (Lipinski definition) is 7. The number of hydrogen-bond donors (Lipinski definition) is 4. The molecule has 0 spiro atoms. The van der Waals surface area contributed by atoms with Gasteiger partial charge in [-0.25, -0.2) is 10.2 Å². The number of nitrogens with zero attached hydrogens (tertiary/aromatic N) is 2. The Morgan fingerprint density at radius 2 is 1.88 bits per heavy atom. The van der Waals surface area contributed by atoms with Gasteiger partial charge in [0.1, 0.15) is 18.4 Å². The molecule has 176 valence electrons. The van der Waals surface area contributed by atoms with Crippen molar-refractivity contribution in [3.63, 3.8) is 0 Å². The lowest BCUT2D eigenvalue weighted by atomic mass is 10.0. The number of carbonyl (C=O) groups excluding carboxylic acids is 1. The lowest BCUT2D eigenvalue weighted by Crippen LogP contribution is -2.55. The predicted molar refractivity (Wildman–Crippen MR) is 98.4 cm³/mol. The molecular formula is C17H17F6N5O4. The molecule has 0 aliphatic carbocycles. The van der Waals surface area contributed by atoms with E-state index in [0.717, 1.165) is 6.07 Å². The number of aliphatic carboxylic acids is 1. The van der Waals surface area contributed by atoms with E-state index in [0.29, 0.717) is 24.6 Å². The van der Waals surface area contributed by atoms with Crippen molar-refractivity contribution in [3.05, 3.63) is 17.7 Å². The highest BCUT2D eigenvalue weighted by molar-refractivity contribution is 6.09. The second-order valence-corrected chi connectivity index (χ2v) is 7.00. The van der Waals surface area contributed by atoms with Crippen molar-refractivity contribution in [1.82, 2.24) is 10.7 Å². The second-order valence-electron chi connectivity index (χ2n) is 7.00. The third kappa shape index (κ3) is 4.81. The van der Waals surface area contributed by atoms with Gasteiger partial charge in [-0.2, -0.15) is 31.4 Å². The number of amides is 1. The molecule has 15 heteroatoms. The molecule has 0 bridgehead atoms. The molecule has 0 aromatic heterocycles. The van der Waals surface area contributed by atoms with Gasteiger partial charge in [0.25, 0.3) is 5.91 Å². The fraction of sp³-hybridized carbons (Fsp3) is 0.471. The molecule has 0 radical (unpaired) electrons. The quantitative estimate of drug-likeness (QED) is 0.488. The van der Waals surface area contributed by atoms with E-state index < -0.39 is 29.9 Å². The lowest BCUT2D eigenvalue weighted by molar-refractivity contribution is -0.192. The maximum Gasteiger partial charge on any atom is 0.490 e. The molecule has 1 aromatic rings. The van der Waals surface area contributed by atoms with Crippen molar-refractivity contribution >= 4 is 29.1 Å². The van der Waals surface area contributed by atoms with Crippen molar-refractivity contribution in [3.8, 4) is 5.75 Å². The third-order valence-electron chi connectivity index (χ3n) is 4.74. The summed E-state index contributed by atoms with van der Waals surface area (Å²) in [7, 11) is 0. The van der Waals surface area contributed by atoms with Crippen molar-refractivity contribution < 1.29 is 45.8 Å². The van der Waals surface area contributed by atoms with Gasteiger partial charge >= 0.3 is 18.3 Å². The standard InChI is InChI=1S/C15H16F3N5O2.C2HF3O2/c1-7-14(24)22-21-13-6-25-12-2-9(15(16,17)18)10(3-11(12)23(7)13)20-8-4-19-5-8;3-2(4,5)1(6)7/h2-3,7-8,19-20H,4-6H2,1H3,(H,22,24);(H,6,7)/t7-;/m1./s1. The molecule has 1 saturated heterocycles. The number of alkyl halides is 6. The number of benzene rings is 1. The SMILES string of the molecule is C[C@@H]1C(=O)NN=C2COc3cc(C(F)(F)F)c(NC4CNC4)cc3N21.O=C(O)C(F)(F)F. The number of anilines is 2. The van der Waals surface area contributed by atoms with Crippen LogP contribution in [0.2, 0.25) is 0 Å². The van der Waals surface area contributed by atoms with Crippen molar-refractivity contribution in [1.29, 1.82) is 0 Å². The van der Waals surface area contributed by atoms with Gasteiger partial charge in [-0.15, -0.1) is 0 Å². The highest BCUT2D eigenvalue weighted by Crippen LogP contribution is 2.44. The van der Waals surface area contributed by atoms with E-state index in [1.165, 1.54) is 6.07 Å². The average molecular weight is 469 g/mol. The van der Waals surface area contributed by atoms with Crippen LogP contribution >= 0.6 is 0 Å². The number of carboxylic acid groups (broad SMARTS) is 1. The van der Waals surface area contributed by atoms with Crippen molar-refractivity contribution in [2.75, 3.05) is 29.9 Å². The Morgan fingerprint density at radius 3 is 2.38 bits per heavy atom. The van der Waals surface area contributed by atoms with Gasteiger partial charge in [0.05, 0.1) is 17.3 Å². The summed E-state index contributed by atoms with van der Waals surface area (Å²) in [6.45, 7) is 2.86. The van der Waals surface area contributed by atoms with E-state index in [9.17, 15) is 31.1 Å².